The molecular weight excluding hydrogens is 438 g/mol. The van der Waals surface area contributed by atoms with Crippen molar-refractivity contribution in [3.05, 3.63) is 41.1 Å². The largest absolute Gasteiger partial charge is 0.466 e. The van der Waals surface area contributed by atoms with Crippen molar-refractivity contribution < 1.29 is 28.6 Å². The number of para-hydroxylation sites is 1. The molecule has 1 amide bonds. The molecule has 1 saturated heterocycles. The Labute approximate surface area is 199 Å². The lowest BCUT2D eigenvalue weighted by Crippen LogP contribution is -2.62. The SMILES string of the molecule is COC(=O)C1=C(C(=O)OC)[C@@H]2N(C)c3ccccc3[C@@]23CCC(=O)N(CCCOC(C)C)C3=N1. The number of amidine groups is 1. The number of nitrogens with zero attached hydrogens (tertiary/aromatic N) is 3. The summed E-state index contributed by atoms with van der Waals surface area (Å²) >= 11 is 0. The van der Waals surface area contributed by atoms with E-state index in [-0.39, 0.29) is 23.3 Å². The molecule has 9 heteroatoms. The van der Waals surface area contributed by atoms with Gasteiger partial charge in [-0.3, -0.25) is 9.69 Å². The Morgan fingerprint density at radius 3 is 2.56 bits per heavy atom. The van der Waals surface area contributed by atoms with Crippen LogP contribution in [0.4, 0.5) is 5.69 Å². The number of rotatable bonds is 7. The second-order valence-electron chi connectivity index (χ2n) is 9.00. The Kier molecular flexibility index (Phi) is 6.49. The number of piperidine rings is 1. The molecule has 0 saturated carbocycles. The molecule has 0 N–H and O–H groups in total. The van der Waals surface area contributed by atoms with Gasteiger partial charge in [0.2, 0.25) is 5.91 Å². The average Bonchev–Trinajstić information content (AvgIpc) is 3.09. The van der Waals surface area contributed by atoms with Crippen LogP contribution in [-0.4, -0.2) is 75.1 Å². The maximum Gasteiger partial charge on any atom is 0.357 e. The van der Waals surface area contributed by atoms with Gasteiger partial charge in [-0.1, -0.05) is 18.2 Å². The van der Waals surface area contributed by atoms with Crippen LogP contribution in [0, 0.1) is 0 Å². The number of ether oxygens (including phenoxy) is 3. The first-order valence-electron chi connectivity index (χ1n) is 11.5. The van der Waals surface area contributed by atoms with Crippen LogP contribution in [0.3, 0.4) is 0 Å². The zero-order valence-corrected chi connectivity index (χ0v) is 20.3. The van der Waals surface area contributed by atoms with Crippen molar-refractivity contribution in [1.82, 2.24) is 4.90 Å². The van der Waals surface area contributed by atoms with Crippen molar-refractivity contribution in [2.75, 3.05) is 39.3 Å². The van der Waals surface area contributed by atoms with Crippen molar-refractivity contribution >= 4 is 29.4 Å². The van der Waals surface area contributed by atoms with E-state index in [0.29, 0.717) is 38.2 Å². The summed E-state index contributed by atoms with van der Waals surface area (Å²) in [4.78, 5) is 47.3. The zero-order chi connectivity index (χ0) is 24.6. The second kappa shape index (κ2) is 9.21. The molecule has 3 aliphatic heterocycles. The average molecular weight is 470 g/mol. The number of benzene rings is 1. The number of esters is 2. The molecule has 9 nitrogen and oxygen atoms in total. The molecule has 34 heavy (non-hydrogen) atoms. The molecule has 2 atom stereocenters. The number of carbonyl (C=O) groups excluding carboxylic acids is 3. The van der Waals surface area contributed by atoms with E-state index in [4.69, 9.17) is 19.2 Å². The molecule has 1 aromatic rings. The minimum absolute atomic E-state index is 0.0644. The van der Waals surface area contributed by atoms with E-state index in [1.54, 1.807) is 4.90 Å². The summed E-state index contributed by atoms with van der Waals surface area (Å²) in [5.74, 6) is -0.971. The third-order valence-corrected chi connectivity index (χ3v) is 6.82. The third kappa shape index (κ3) is 3.58. The summed E-state index contributed by atoms with van der Waals surface area (Å²) < 4.78 is 15.8. The van der Waals surface area contributed by atoms with Crippen molar-refractivity contribution in [2.24, 2.45) is 4.99 Å². The standard InChI is InChI=1S/C25H31N3O6/c1-15(2)34-14-8-13-28-18(29)11-12-25-16-9-6-7-10-17(16)27(3)21(25)19(22(30)32-4)20(23(31)33-5)26-24(25)28/h6-7,9-10,15,21H,8,11-14H2,1-5H3/t21-,25-/m0/s1. The highest BCUT2D eigenvalue weighted by Crippen LogP contribution is 2.55. The van der Waals surface area contributed by atoms with Crippen LogP contribution < -0.4 is 4.90 Å². The Bertz CT molecular complexity index is 1080. The molecule has 1 fully saturated rings. The number of hydrogen-bond acceptors (Lipinski definition) is 8. The number of anilines is 1. The molecule has 3 aliphatic rings. The first-order chi connectivity index (χ1) is 16.3. The van der Waals surface area contributed by atoms with Gasteiger partial charge in [0, 0.05) is 32.3 Å². The highest BCUT2D eigenvalue weighted by Gasteiger charge is 2.62. The molecule has 4 rings (SSSR count). The van der Waals surface area contributed by atoms with Crippen LogP contribution in [0.1, 0.15) is 38.7 Å². The van der Waals surface area contributed by atoms with Crippen molar-refractivity contribution in [3.63, 3.8) is 0 Å². The van der Waals surface area contributed by atoms with Crippen LogP contribution in [0.25, 0.3) is 0 Å². The predicted octanol–water partition coefficient (Wildman–Crippen LogP) is 2.19. The van der Waals surface area contributed by atoms with Gasteiger partial charge in [0.05, 0.1) is 37.4 Å². The van der Waals surface area contributed by atoms with E-state index < -0.39 is 23.4 Å². The Hall–Kier alpha value is -3.20. The fourth-order valence-corrected chi connectivity index (χ4v) is 5.44. The van der Waals surface area contributed by atoms with E-state index >= 15 is 0 Å². The quantitative estimate of drug-likeness (QED) is 0.446. The number of fused-ring (bicyclic) bond motifs is 1. The third-order valence-electron chi connectivity index (χ3n) is 6.82. The van der Waals surface area contributed by atoms with E-state index in [1.807, 2.05) is 50.1 Å². The number of methoxy groups -OCH3 is 2. The summed E-state index contributed by atoms with van der Waals surface area (Å²) in [6.07, 6.45) is 1.46. The highest BCUT2D eigenvalue weighted by atomic mass is 16.5. The molecule has 0 unspecified atom stereocenters. The molecule has 1 spiro atoms. The smallest absolute Gasteiger partial charge is 0.357 e. The van der Waals surface area contributed by atoms with Crippen molar-refractivity contribution in [2.45, 2.75) is 50.7 Å². The molecule has 3 heterocycles. The van der Waals surface area contributed by atoms with Gasteiger partial charge in [0.15, 0.2) is 5.70 Å². The first-order valence-corrected chi connectivity index (χ1v) is 11.5. The van der Waals surface area contributed by atoms with Gasteiger partial charge >= 0.3 is 11.9 Å². The monoisotopic (exact) mass is 469 g/mol. The number of amides is 1. The minimum atomic E-state index is -0.779. The van der Waals surface area contributed by atoms with Crippen LogP contribution in [0.15, 0.2) is 40.5 Å². The summed E-state index contributed by atoms with van der Waals surface area (Å²) in [7, 11) is 4.41. The van der Waals surface area contributed by atoms with Crippen LogP contribution in [0.5, 0.6) is 0 Å². The highest BCUT2D eigenvalue weighted by molar-refractivity contribution is 6.15. The topological polar surface area (TPSA) is 97.7 Å². The van der Waals surface area contributed by atoms with E-state index in [2.05, 4.69) is 0 Å². The molecule has 0 aliphatic carbocycles. The lowest BCUT2D eigenvalue weighted by atomic mass is 9.65. The van der Waals surface area contributed by atoms with Gasteiger partial charge in [0.1, 0.15) is 5.84 Å². The minimum Gasteiger partial charge on any atom is -0.466 e. The molecule has 0 aromatic heterocycles. The number of aliphatic imine (C=N–C) groups is 1. The van der Waals surface area contributed by atoms with Crippen molar-refractivity contribution in [3.8, 4) is 0 Å². The van der Waals surface area contributed by atoms with Gasteiger partial charge in [-0.2, -0.15) is 0 Å². The lowest BCUT2D eigenvalue weighted by molar-refractivity contribution is -0.140. The maximum atomic E-state index is 13.1. The fraction of sp³-hybridized carbons (Fsp3) is 0.520. The molecule has 1 aromatic carbocycles. The van der Waals surface area contributed by atoms with E-state index in [9.17, 15) is 14.4 Å². The van der Waals surface area contributed by atoms with Crippen LogP contribution >= 0.6 is 0 Å². The Morgan fingerprint density at radius 1 is 1.18 bits per heavy atom. The van der Waals surface area contributed by atoms with Crippen LogP contribution in [0.2, 0.25) is 0 Å². The fourth-order valence-electron chi connectivity index (χ4n) is 5.44. The normalized spacial score (nSPS) is 23.4. The van der Waals surface area contributed by atoms with Gasteiger partial charge in [-0.15, -0.1) is 0 Å². The predicted molar refractivity (Wildman–Crippen MR) is 125 cm³/mol. The lowest BCUT2D eigenvalue weighted by Gasteiger charge is -2.48. The maximum absolute atomic E-state index is 13.1. The molecule has 182 valence electrons. The van der Waals surface area contributed by atoms with Gasteiger partial charge in [0.25, 0.3) is 0 Å². The summed E-state index contributed by atoms with van der Waals surface area (Å²) in [5.41, 5.74) is 1.14. The van der Waals surface area contributed by atoms with Gasteiger partial charge < -0.3 is 19.1 Å². The molecule has 0 radical (unpaired) electrons. The first kappa shape index (κ1) is 23.9. The number of hydrogen-bond donors (Lipinski definition) is 0. The molecule has 0 bridgehead atoms. The van der Waals surface area contributed by atoms with Crippen molar-refractivity contribution in [1.29, 1.82) is 0 Å². The number of likely N-dealkylation sites (tertiary alicyclic amines) is 1. The Morgan fingerprint density at radius 2 is 1.88 bits per heavy atom. The van der Waals surface area contributed by atoms with Gasteiger partial charge in [-0.05, 0) is 38.3 Å². The number of carbonyl (C=O) groups is 3. The number of likely N-dealkylation sites (N-methyl/N-ethyl adjacent to an activating group) is 1. The van der Waals surface area contributed by atoms with E-state index in [0.717, 1.165) is 11.3 Å². The summed E-state index contributed by atoms with van der Waals surface area (Å²) in [6, 6.07) is 7.29. The molecular formula is C25H31N3O6. The van der Waals surface area contributed by atoms with Crippen LogP contribution in [-0.2, 0) is 34.0 Å². The summed E-state index contributed by atoms with van der Waals surface area (Å²) in [6.45, 7) is 4.81. The van der Waals surface area contributed by atoms with Gasteiger partial charge in [-0.25, -0.2) is 14.6 Å². The Balaban J connectivity index is 1.91. The zero-order valence-electron chi connectivity index (χ0n) is 20.3. The van der Waals surface area contributed by atoms with E-state index in [1.165, 1.54) is 14.2 Å². The summed E-state index contributed by atoms with van der Waals surface area (Å²) in [5, 5.41) is 0. The second-order valence-corrected chi connectivity index (χ2v) is 9.00.